The van der Waals surface area contributed by atoms with Crippen LogP contribution in [0.5, 0.6) is 0 Å². The predicted octanol–water partition coefficient (Wildman–Crippen LogP) is 3.57. The summed E-state index contributed by atoms with van der Waals surface area (Å²) in [6.07, 6.45) is 0.570. The molecule has 5 nitrogen and oxygen atoms in total. The first-order chi connectivity index (χ1) is 12.9. The van der Waals surface area contributed by atoms with Crippen LogP contribution in [0.2, 0.25) is 0 Å². The number of imide groups is 1. The van der Waals surface area contributed by atoms with Gasteiger partial charge in [0.1, 0.15) is 5.54 Å². The van der Waals surface area contributed by atoms with Gasteiger partial charge < -0.3 is 5.32 Å². The second-order valence-electron chi connectivity index (χ2n) is 7.67. The van der Waals surface area contributed by atoms with Crippen molar-refractivity contribution in [2.75, 3.05) is 13.7 Å². The molecule has 1 atom stereocenters. The molecule has 1 saturated heterocycles. The van der Waals surface area contributed by atoms with E-state index in [0.717, 1.165) is 11.1 Å². The van der Waals surface area contributed by atoms with Gasteiger partial charge in [-0.15, -0.1) is 0 Å². The molecule has 1 aliphatic rings. The molecule has 1 heterocycles. The van der Waals surface area contributed by atoms with Crippen LogP contribution in [0.3, 0.4) is 0 Å². The molecule has 0 spiro atoms. The molecule has 2 aromatic carbocycles. The van der Waals surface area contributed by atoms with Crippen molar-refractivity contribution in [3.63, 3.8) is 0 Å². The maximum absolute atomic E-state index is 13.4. The van der Waals surface area contributed by atoms with Crippen LogP contribution in [-0.4, -0.2) is 35.5 Å². The number of urea groups is 1. The molecule has 2 aromatic rings. The zero-order valence-corrected chi connectivity index (χ0v) is 16.2. The maximum Gasteiger partial charge on any atom is 0.326 e. The van der Waals surface area contributed by atoms with E-state index < -0.39 is 5.54 Å². The van der Waals surface area contributed by atoms with Gasteiger partial charge in [0.15, 0.2) is 0 Å². The smallest absolute Gasteiger partial charge is 0.319 e. The summed E-state index contributed by atoms with van der Waals surface area (Å²) >= 11 is 0. The topological polar surface area (TPSA) is 52.7 Å². The molecule has 3 amide bonds. The molecule has 0 radical (unpaired) electrons. The molecule has 0 bridgehead atoms. The van der Waals surface area contributed by atoms with Gasteiger partial charge in [-0.25, -0.2) is 9.69 Å². The van der Waals surface area contributed by atoms with Crippen molar-refractivity contribution in [1.82, 2.24) is 15.1 Å². The monoisotopic (exact) mass is 365 g/mol. The highest BCUT2D eigenvalue weighted by Gasteiger charge is 2.52. The molecule has 1 N–H and O–H groups in total. The van der Waals surface area contributed by atoms with Crippen LogP contribution in [0.1, 0.15) is 31.4 Å². The van der Waals surface area contributed by atoms with E-state index in [4.69, 9.17) is 0 Å². The first-order valence-corrected chi connectivity index (χ1v) is 9.34. The van der Waals surface area contributed by atoms with Crippen molar-refractivity contribution in [2.24, 2.45) is 5.92 Å². The molecule has 142 valence electrons. The van der Waals surface area contributed by atoms with Gasteiger partial charge in [0.2, 0.25) is 0 Å². The highest BCUT2D eigenvalue weighted by molar-refractivity contribution is 6.07. The van der Waals surface area contributed by atoms with E-state index in [2.05, 4.69) is 19.2 Å². The summed E-state index contributed by atoms with van der Waals surface area (Å²) in [5, 5.41) is 2.99. The number of amides is 3. The molecule has 3 rings (SSSR count). The average molecular weight is 365 g/mol. The summed E-state index contributed by atoms with van der Waals surface area (Å²) in [5.41, 5.74) is 0.994. The van der Waals surface area contributed by atoms with Crippen LogP contribution in [-0.2, 0) is 16.9 Å². The lowest BCUT2D eigenvalue weighted by molar-refractivity contribution is -0.133. The van der Waals surface area contributed by atoms with Crippen molar-refractivity contribution < 1.29 is 9.59 Å². The Morgan fingerprint density at radius 1 is 1.00 bits per heavy atom. The molecule has 0 aliphatic carbocycles. The van der Waals surface area contributed by atoms with Crippen LogP contribution in [0.25, 0.3) is 0 Å². The van der Waals surface area contributed by atoms with Crippen LogP contribution >= 0.6 is 0 Å². The Morgan fingerprint density at radius 2 is 1.59 bits per heavy atom. The van der Waals surface area contributed by atoms with E-state index >= 15 is 0 Å². The first kappa shape index (κ1) is 19.1. The Balaban J connectivity index is 1.81. The fourth-order valence-corrected chi connectivity index (χ4v) is 3.73. The molecule has 0 saturated carbocycles. The second kappa shape index (κ2) is 7.92. The second-order valence-corrected chi connectivity index (χ2v) is 7.67. The Morgan fingerprint density at radius 3 is 2.19 bits per heavy atom. The Kier molecular flexibility index (Phi) is 5.61. The molecule has 1 fully saturated rings. The number of nitrogens with zero attached hydrogens (tertiary/aromatic N) is 2. The van der Waals surface area contributed by atoms with E-state index in [1.54, 1.807) is 0 Å². The van der Waals surface area contributed by atoms with Crippen LogP contribution in [0, 0.1) is 5.92 Å². The third-order valence-electron chi connectivity index (χ3n) is 4.83. The van der Waals surface area contributed by atoms with Gasteiger partial charge in [-0.1, -0.05) is 74.5 Å². The minimum Gasteiger partial charge on any atom is -0.319 e. The van der Waals surface area contributed by atoms with Gasteiger partial charge in [-0.3, -0.25) is 9.69 Å². The number of carbonyl (C=O) groups is 2. The maximum atomic E-state index is 13.4. The normalized spacial score (nSPS) is 19.8. The molecule has 5 heteroatoms. The van der Waals surface area contributed by atoms with E-state index in [1.807, 2.05) is 72.6 Å². The summed E-state index contributed by atoms with van der Waals surface area (Å²) < 4.78 is 0. The number of nitrogens with one attached hydrogen (secondary N) is 1. The van der Waals surface area contributed by atoms with Crippen molar-refractivity contribution in [3.8, 4) is 0 Å². The van der Waals surface area contributed by atoms with Crippen LogP contribution < -0.4 is 5.32 Å². The van der Waals surface area contributed by atoms with Gasteiger partial charge in [0.05, 0.1) is 6.67 Å². The van der Waals surface area contributed by atoms with Gasteiger partial charge in [-0.05, 0) is 30.5 Å². The summed E-state index contributed by atoms with van der Waals surface area (Å²) in [5.74, 6) is 0.0868. The Hall–Kier alpha value is -2.66. The molecule has 1 aliphatic heterocycles. The van der Waals surface area contributed by atoms with Crippen LogP contribution in [0.4, 0.5) is 4.79 Å². The third kappa shape index (κ3) is 4.03. The fraction of sp³-hybridized carbons (Fsp3) is 0.364. The lowest BCUT2D eigenvalue weighted by atomic mass is 9.82. The largest absolute Gasteiger partial charge is 0.326 e. The quantitative estimate of drug-likeness (QED) is 0.763. The fourth-order valence-electron chi connectivity index (χ4n) is 3.73. The number of carbonyl (C=O) groups excluding carboxylic acids is 2. The van der Waals surface area contributed by atoms with E-state index in [0.29, 0.717) is 13.0 Å². The zero-order valence-electron chi connectivity index (χ0n) is 16.2. The minimum atomic E-state index is -0.986. The van der Waals surface area contributed by atoms with Gasteiger partial charge >= 0.3 is 6.03 Å². The number of hydrogen-bond donors (Lipinski definition) is 1. The minimum absolute atomic E-state index is 0.174. The lowest BCUT2D eigenvalue weighted by Gasteiger charge is -2.29. The Labute approximate surface area is 161 Å². The number of benzene rings is 2. The number of rotatable bonds is 7. The molecule has 0 aromatic heterocycles. The Bertz CT molecular complexity index is 792. The van der Waals surface area contributed by atoms with Crippen molar-refractivity contribution >= 4 is 11.9 Å². The summed E-state index contributed by atoms with van der Waals surface area (Å²) in [7, 11) is 1.92. The van der Waals surface area contributed by atoms with Gasteiger partial charge in [0, 0.05) is 6.54 Å². The molecule has 0 unspecified atom stereocenters. The standard InChI is InChI=1S/C22H27N3O2/c1-17(2)14-22(19-12-8-5-9-13-19)20(26)25(21(27)23-22)16-24(3)15-18-10-6-4-7-11-18/h4-13,17H,14-16H2,1-3H3,(H,23,27)/t22-/m0/s1. The highest BCUT2D eigenvalue weighted by Crippen LogP contribution is 2.35. The van der Waals surface area contributed by atoms with Crippen molar-refractivity contribution in [1.29, 1.82) is 0 Å². The number of hydrogen-bond acceptors (Lipinski definition) is 3. The third-order valence-corrected chi connectivity index (χ3v) is 4.83. The van der Waals surface area contributed by atoms with Gasteiger partial charge in [-0.2, -0.15) is 0 Å². The van der Waals surface area contributed by atoms with Crippen molar-refractivity contribution in [2.45, 2.75) is 32.4 Å². The first-order valence-electron chi connectivity index (χ1n) is 9.34. The molecular formula is C22H27N3O2. The van der Waals surface area contributed by atoms with Crippen LogP contribution in [0.15, 0.2) is 60.7 Å². The highest BCUT2D eigenvalue weighted by atomic mass is 16.2. The zero-order chi connectivity index (χ0) is 19.4. The summed E-state index contributed by atoms with van der Waals surface area (Å²) in [4.78, 5) is 29.4. The van der Waals surface area contributed by atoms with Crippen molar-refractivity contribution in [3.05, 3.63) is 71.8 Å². The predicted molar refractivity (Wildman–Crippen MR) is 106 cm³/mol. The van der Waals surface area contributed by atoms with Gasteiger partial charge in [0.25, 0.3) is 5.91 Å². The SMILES string of the molecule is CC(C)C[C@@]1(c2ccccc2)NC(=O)N(CN(C)Cc2ccccc2)C1=O. The summed E-state index contributed by atoms with van der Waals surface area (Å²) in [6.45, 7) is 5.05. The van der Waals surface area contributed by atoms with E-state index in [1.165, 1.54) is 4.90 Å². The average Bonchev–Trinajstić information content (AvgIpc) is 2.88. The van der Waals surface area contributed by atoms with E-state index in [9.17, 15) is 9.59 Å². The lowest BCUT2D eigenvalue weighted by Crippen LogP contribution is -2.46. The summed E-state index contributed by atoms with van der Waals surface area (Å²) in [6, 6.07) is 19.2. The molecule has 27 heavy (non-hydrogen) atoms. The van der Waals surface area contributed by atoms with E-state index in [-0.39, 0.29) is 24.5 Å². The molecular weight excluding hydrogens is 338 g/mol.